The summed E-state index contributed by atoms with van der Waals surface area (Å²) in [6.45, 7) is 0. The molecule has 1 aromatic heterocycles. The van der Waals surface area contributed by atoms with Gasteiger partial charge >= 0.3 is 6.18 Å². The lowest BCUT2D eigenvalue weighted by Gasteiger charge is -2.05. The fraction of sp³-hybridized carbons (Fsp3) is 0.182. The number of nitrogens with zero attached hydrogens (tertiary/aromatic N) is 2. The summed E-state index contributed by atoms with van der Waals surface area (Å²) >= 11 is 9.26. The number of rotatable bonds is 1. The van der Waals surface area contributed by atoms with Gasteiger partial charge in [-0.05, 0) is 28.1 Å². The molecule has 0 fully saturated rings. The van der Waals surface area contributed by atoms with E-state index in [2.05, 4.69) is 20.9 Å². The molecule has 0 amide bonds. The van der Waals surface area contributed by atoms with Crippen molar-refractivity contribution in [2.45, 2.75) is 6.18 Å². The number of alkyl halides is 3. The Morgan fingerprint density at radius 1 is 1.33 bits per heavy atom. The van der Waals surface area contributed by atoms with Crippen LogP contribution in [0.4, 0.5) is 13.2 Å². The average molecular weight is 340 g/mol. The maximum absolute atomic E-state index is 12.6. The van der Waals surface area contributed by atoms with Gasteiger partial charge in [-0.2, -0.15) is 13.2 Å². The van der Waals surface area contributed by atoms with E-state index in [1.165, 1.54) is 11.6 Å². The molecule has 0 saturated heterocycles. The summed E-state index contributed by atoms with van der Waals surface area (Å²) in [6, 6.07) is 5.02. The van der Waals surface area contributed by atoms with Gasteiger partial charge in [-0.3, -0.25) is 0 Å². The van der Waals surface area contributed by atoms with Crippen molar-refractivity contribution in [1.82, 2.24) is 9.55 Å². The molecule has 0 atom stereocenters. The van der Waals surface area contributed by atoms with Crippen molar-refractivity contribution in [2.24, 2.45) is 7.05 Å². The summed E-state index contributed by atoms with van der Waals surface area (Å²) in [5.74, 6) is 0.175. The lowest BCUT2D eigenvalue weighted by molar-refractivity contribution is -0.140. The molecule has 0 N–H and O–H groups in total. The van der Waals surface area contributed by atoms with E-state index in [0.717, 1.165) is 6.20 Å². The molecule has 0 radical (unpaired) electrons. The summed E-state index contributed by atoms with van der Waals surface area (Å²) in [7, 11) is 1.49. The zero-order valence-electron chi connectivity index (χ0n) is 9.09. The fourth-order valence-corrected chi connectivity index (χ4v) is 2.11. The van der Waals surface area contributed by atoms with Crippen molar-refractivity contribution in [3.05, 3.63) is 39.6 Å². The Hall–Kier alpha value is -1.01. The molecule has 0 unspecified atom stereocenters. The highest BCUT2D eigenvalue weighted by Crippen LogP contribution is 2.35. The van der Waals surface area contributed by atoms with Crippen molar-refractivity contribution >= 4 is 27.5 Å². The van der Waals surface area contributed by atoms with E-state index in [1.807, 2.05) is 0 Å². The van der Waals surface area contributed by atoms with E-state index in [0.29, 0.717) is 15.1 Å². The van der Waals surface area contributed by atoms with Crippen LogP contribution >= 0.6 is 27.5 Å². The van der Waals surface area contributed by atoms with Crippen LogP contribution in [0.1, 0.15) is 5.69 Å². The molecule has 18 heavy (non-hydrogen) atoms. The van der Waals surface area contributed by atoms with Crippen LogP contribution in [0.2, 0.25) is 5.02 Å². The van der Waals surface area contributed by atoms with Crippen molar-refractivity contribution in [3.8, 4) is 11.4 Å². The van der Waals surface area contributed by atoms with Crippen LogP contribution in [0.25, 0.3) is 11.4 Å². The Morgan fingerprint density at radius 3 is 2.56 bits per heavy atom. The minimum absolute atomic E-state index is 0.175. The van der Waals surface area contributed by atoms with Crippen LogP contribution in [0, 0.1) is 0 Å². The van der Waals surface area contributed by atoms with Gasteiger partial charge in [0.25, 0.3) is 0 Å². The highest BCUT2D eigenvalue weighted by atomic mass is 79.9. The first kappa shape index (κ1) is 13.4. The standard InChI is InChI=1S/C11H7BrClF3N2/c1-18-5-8(11(14,15)16)17-10(18)6-3-2-4-7(12)9(6)13/h2-5H,1H3. The van der Waals surface area contributed by atoms with Gasteiger partial charge in [-0.25, -0.2) is 4.98 Å². The Balaban J connectivity index is 2.58. The molecule has 1 aromatic carbocycles. The molecule has 2 nitrogen and oxygen atoms in total. The number of aromatic nitrogens is 2. The second-order valence-corrected chi connectivity index (χ2v) is 4.89. The minimum atomic E-state index is -4.46. The Labute approximate surface area is 115 Å². The van der Waals surface area contributed by atoms with Crippen molar-refractivity contribution in [2.75, 3.05) is 0 Å². The molecule has 2 aromatic rings. The van der Waals surface area contributed by atoms with E-state index in [9.17, 15) is 13.2 Å². The molecule has 0 aliphatic carbocycles. The number of hydrogen-bond acceptors (Lipinski definition) is 1. The lowest BCUT2D eigenvalue weighted by Crippen LogP contribution is -2.04. The van der Waals surface area contributed by atoms with Gasteiger partial charge in [0.05, 0.1) is 5.02 Å². The molecule has 1 heterocycles. The summed E-state index contributed by atoms with van der Waals surface area (Å²) in [4.78, 5) is 3.59. The monoisotopic (exact) mass is 338 g/mol. The Bertz CT molecular complexity index is 592. The zero-order chi connectivity index (χ0) is 13.5. The molecule has 7 heteroatoms. The molecular formula is C11H7BrClF3N2. The Morgan fingerprint density at radius 2 is 2.00 bits per heavy atom. The summed E-state index contributed by atoms with van der Waals surface area (Å²) in [5.41, 5.74) is -0.486. The molecule has 0 spiro atoms. The summed E-state index contributed by atoms with van der Waals surface area (Å²) < 4.78 is 39.6. The van der Waals surface area contributed by atoms with Gasteiger partial charge in [-0.15, -0.1) is 0 Å². The molecular weight excluding hydrogens is 332 g/mol. The van der Waals surface area contributed by atoms with Gasteiger partial charge in [-0.1, -0.05) is 17.7 Å². The highest BCUT2D eigenvalue weighted by molar-refractivity contribution is 9.10. The normalized spacial score (nSPS) is 11.9. The zero-order valence-corrected chi connectivity index (χ0v) is 11.4. The van der Waals surface area contributed by atoms with Crippen LogP contribution in [-0.4, -0.2) is 9.55 Å². The van der Waals surface area contributed by atoms with Crippen molar-refractivity contribution < 1.29 is 13.2 Å². The van der Waals surface area contributed by atoms with Crippen molar-refractivity contribution in [3.63, 3.8) is 0 Å². The molecule has 0 bridgehead atoms. The first-order valence-electron chi connectivity index (χ1n) is 4.85. The lowest BCUT2D eigenvalue weighted by atomic mass is 10.2. The first-order valence-corrected chi connectivity index (χ1v) is 6.02. The topological polar surface area (TPSA) is 17.8 Å². The quantitative estimate of drug-likeness (QED) is 0.747. The molecule has 0 aliphatic heterocycles. The van der Waals surface area contributed by atoms with Crippen LogP contribution in [0.15, 0.2) is 28.9 Å². The number of benzene rings is 1. The maximum atomic E-state index is 12.6. The van der Waals surface area contributed by atoms with Gasteiger partial charge < -0.3 is 4.57 Å². The predicted octanol–water partition coefficient (Wildman–Crippen LogP) is 4.52. The Kier molecular flexibility index (Phi) is 3.42. The van der Waals surface area contributed by atoms with E-state index < -0.39 is 11.9 Å². The van der Waals surface area contributed by atoms with Gasteiger partial charge in [0.15, 0.2) is 5.69 Å². The van der Waals surface area contributed by atoms with Crippen LogP contribution < -0.4 is 0 Å². The van der Waals surface area contributed by atoms with E-state index in [1.54, 1.807) is 18.2 Å². The van der Waals surface area contributed by atoms with Gasteiger partial charge in [0.2, 0.25) is 0 Å². The average Bonchev–Trinajstić information content (AvgIpc) is 2.64. The fourth-order valence-electron chi connectivity index (χ4n) is 1.53. The second kappa shape index (κ2) is 4.59. The summed E-state index contributed by atoms with van der Waals surface area (Å²) in [5, 5.41) is 0.333. The van der Waals surface area contributed by atoms with Crippen LogP contribution in [0.3, 0.4) is 0 Å². The summed E-state index contributed by atoms with van der Waals surface area (Å²) in [6.07, 6.45) is -3.53. The largest absolute Gasteiger partial charge is 0.434 e. The molecule has 96 valence electrons. The smallest absolute Gasteiger partial charge is 0.333 e. The minimum Gasteiger partial charge on any atom is -0.333 e. The second-order valence-electron chi connectivity index (χ2n) is 3.66. The molecule has 2 rings (SSSR count). The number of imidazole rings is 1. The molecule has 0 aliphatic rings. The van der Waals surface area contributed by atoms with Gasteiger partial charge in [0, 0.05) is 23.3 Å². The third-order valence-electron chi connectivity index (χ3n) is 2.36. The van der Waals surface area contributed by atoms with Gasteiger partial charge in [0.1, 0.15) is 5.82 Å². The first-order chi connectivity index (χ1) is 8.30. The highest BCUT2D eigenvalue weighted by Gasteiger charge is 2.34. The number of halogens is 5. The third kappa shape index (κ3) is 2.40. The van der Waals surface area contributed by atoms with Crippen LogP contribution in [0.5, 0.6) is 0 Å². The van der Waals surface area contributed by atoms with Crippen LogP contribution in [-0.2, 0) is 13.2 Å². The number of hydrogen-bond donors (Lipinski definition) is 0. The molecule has 0 saturated carbocycles. The number of aryl methyl sites for hydroxylation is 1. The van der Waals surface area contributed by atoms with E-state index in [-0.39, 0.29) is 5.82 Å². The predicted molar refractivity (Wildman–Crippen MR) is 66.4 cm³/mol. The van der Waals surface area contributed by atoms with Crippen molar-refractivity contribution in [1.29, 1.82) is 0 Å². The third-order valence-corrected chi connectivity index (χ3v) is 3.66. The van der Waals surface area contributed by atoms with E-state index in [4.69, 9.17) is 11.6 Å². The maximum Gasteiger partial charge on any atom is 0.434 e. The SMILES string of the molecule is Cn1cc(C(F)(F)F)nc1-c1cccc(Br)c1Cl. The van der Waals surface area contributed by atoms with E-state index >= 15 is 0 Å².